The van der Waals surface area contributed by atoms with Gasteiger partial charge in [-0.15, -0.1) is 0 Å². The predicted octanol–water partition coefficient (Wildman–Crippen LogP) is 3.86. The molecule has 2 aliphatic heterocycles. The van der Waals surface area contributed by atoms with Gasteiger partial charge in [-0.05, 0) is 24.6 Å². The van der Waals surface area contributed by atoms with E-state index in [2.05, 4.69) is 0 Å². The van der Waals surface area contributed by atoms with Gasteiger partial charge >= 0.3 is 0 Å². The summed E-state index contributed by atoms with van der Waals surface area (Å²) >= 11 is 0. The standard InChI is InChI=1S/C20H20O5/c1-10-20(2,3)18-16(24-10)9-14(23)17-13(22)8-15(25-19(17)18)11-4-6-12(21)7-5-11/h4-7,9-10,15,21,23H,8H2,1-3H3/t10-,15+/m0/s1. The van der Waals surface area contributed by atoms with Crippen LogP contribution in [0.1, 0.15) is 54.8 Å². The van der Waals surface area contributed by atoms with Gasteiger partial charge in [0.05, 0.1) is 6.42 Å². The number of carbonyl (C=O) groups excluding carboxylic acids is 1. The molecular formula is C20H20O5. The Morgan fingerprint density at radius 1 is 1.12 bits per heavy atom. The molecule has 2 N–H and O–H groups in total. The fraction of sp³-hybridized carbons (Fsp3) is 0.350. The third-order valence-corrected chi connectivity index (χ3v) is 5.36. The van der Waals surface area contributed by atoms with E-state index >= 15 is 0 Å². The lowest BCUT2D eigenvalue weighted by Crippen LogP contribution is -2.30. The fourth-order valence-corrected chi connectivity index (χ4v) is 3.58. The lowest BCUT2D eigenvalue weighted by atomic mass is 9.79. The number of benzene rings is 2. The van der Waals surface area contributed by atoms with Crippen LogP contribution in [0.3, 0.4) is 0 Å². The molecule has 2 aromatic carbocycles. The lowest BCUT2D eigenvalue weighted by Gasteiger charge is -2.31. The zero-order chi connectivity index (χ0) is 17.9. The lowest BCUT2D eigenvalue weighted by molar-refractivity contribution is 0.0840. The first-order valence-electron chi connectivity index (χ1n) is 8.35. The number of ketones is 1. The quantitative estimate of drug-likeness (QED) is 0.824. The Morgan fingerprint density at radius 3 is 2.48 bits per heavy atom. The van der Waals surface area contributed by atoms with Crippen LogP contribution in [0, 0.1) is 0 Å². The van der Waals surface area contributed by atoms with Crippen molar-refractivity contribution in [2.45, 2.75) is 44.8 Å². The highest BCUT2D eigenvalue weighted by molar-refractivity contribution is 6.03. The Hall–Kier alpha value is -2.69. The monoisotopic (exact) mass is 340 g/mol. The number of phenolic OH excluding ortho intramolecular Hbond substituents is 2. The maximum Gasteiger partial charge on any atom is 0.174 e. The van der Waals surface area contributed by atoms with Crippen LogP contribution in [-0.2, 0) is 5.41 Å². The second-order valence-electron chi connectivity index (χ2n) is 7.28. The van der Waals surface area contributed by atoms with Gasteiger partial charge in [0.25, 0.3) is 0 Å². The minimum Gasteiger partial charge on any atom is -0.508 e. The summed E-state index contributed by atoms with van der Waals surface area (Å²) in [4.78, 5) is 12.7. The van der Waals surface area contributed by atoms with Gasteiger partial charge in [0, 0.05) is 17.0 Å². The van der Waals surface area contributed by atoms with Crippen LogP contribution in [0.5, 0.6) is 23.0 Å². The first-order chi connectivity index (χ1) is 11.8. The molecule has 2 aromatic rings. The van der Waals surface area contributed by atoms with Crippen molar-refractivity contribution in [3.8, 4) is 23.0 Å². The Balaban J connectivity index is 1.86. The topological polar surface area (TPSA) is 76.0 Å². The average Bonchev–Trinajstić information content (AvgIpc) is 2.76. The second-order valence-corrected chi connectivity index (χ2v) is 7.28. The van der Waals surface area contributed by atoms with Gasteiger partial charge in [0.15, 0.2) is 5.78 Å². The molecule has 0 spiro atoms. The zero-order valence-corrected chi connectivity index (χ0v) is 14.4. The molecule has 2 heterocycles. The van der Waals surface area contributed by atoms with Crippen LogP contribution in [0.2, 0.25) is 0 Å². The predicted molar refractivity (Wildman–Crippen MR) is 91.6 cm³/mol. The first kappa shape index (κ1) is 15.8. The van der Waals surface area contributed by atoms with Crippen LogP contribution in [-0.4, -0.2) is 22.1 Å². The number of ether oxygens (including phenoxy) is 2. The van der Waals surface area contributed by atoms with Crippen molar-refractivity contribution in [1.29, 1.82) is 0 Å². The van der Waals surface area contributed by atoms with Gasteiger partial charge in [0.2, 0.25) is 0 Å². The molecule has 0 amide bonds. The van der Waals surface area contributed by atoms with Crippen molar-refractivity contribution in [2.24, 2.45) is 0 Å². The highest BCUT2D eigenvalue weighted by atomic mass is 16.5. The summed E-state index contributed by atoms with van der Waals surface area (Å²) in [5.74, 6) is 0.877. The minimum atomic E-state index is -0.460. The normalized spacial score (nSPS) is 23.4. The molecule has 5 nitrogen and oxygen atoms in total. The third-order valence-electron chi connectivity index (χ3n) is 5.36. The van der Waals surface area contributed by atoms with Gasteiger partial charge < -0.3 is 19.7 Å². The summed E-state index contributed by atoms with van der Waals surface area (Å²) in [6.07, 6.45) is -0.416. The highest BCUT2D eigenvalue weighted by Gasteiger charge is 2.45. The van der Waals surface area contributed by atoms with E-state index in [9.17, 15) is 15.0 Å². The van der Waals surface area contributed by atoms with Gasteiger partial charge in [0.1, 0.15) is 40.8 Å². The SMILES string of the molecule is C[C@@H]1Oc2cc(O)c3c(c2C1(C)C)O[C@@H](c1ccc(O)cc1)CC3=O. The Labute approximate surface area is 145 Å². The summed E-state index contributed by atoms with van der Waals surface area (Å²) in [5, 5.41) is 19.8. The van der Waals surface area contributed by atoms with Crippen LogP contribution in [0.15, 0.2) is 30.3 Å². The molecule has 0 bridgehead atoms. The molecule has 5 heteroatoms. The molecule has 25 heavy (non-hydrogen) atoms. The van der Waals surface area contributed by atoms with Crippen molar-refractivity contribution in [3.63, 3.8) is 0 Å². The van der Waals surface area contributed by atoms with Crippen LogP contribution >= 0.6 is 0 Å². The van der Waals surface area contributed by atoms with Gasteiger partial charge in [-0.2, -0.15) is 0 Å². The molecule has 0 fully saturated rings. The Morgan fingerprint density at radius 2 is 1.80 bits per heavy atom. The van der Waals surface area contributed by atoms with E-state index in [1.54, 1.807) is 24.3 Å². The number of Topliss-reactive ketones (excluding diaryl/α,β-unsaturated/α-hetero) is 1. The number of carbonyl (C=O) groups is 1. The summed E-state index contributed by atoms with van der Waals surface area (Å²) in [6, 6.07) is 8.14. The van der Waals surface area contributed by atoms with E-state index in [4.69, 9.17) is 9.47 Å². The Bertz CT molecular complexity index is 867. The van der Waals surface area contributed by atoms with Crippen LogP contribution in [0.25, 0.3) is 0 Å². The molecule has 0 aliphatic carbocycles. The molecule has 0 radical (unpaired) electrons. The number of rotatable bonds is 1. The summed E-state index contributed by atoms with van der Waals surface area (Å²) < 4.78 is 12.1. The van der Waals surface area contributed by atoms with Gasteiger partial charge in [-0.1, -0.05) is 26.0 Å². The number of fused-ring (bicyclic) bond motifs is 3. The molecular weight excluding hydrogens is 320 g/mol. The molecule has 0 saturated carbocycles. The average molecular weight is 340 g/mol. The van der Waals surface area contributed by atoms with Crippen LogP contribution < -0.4 is 9.47 Å². The molecule has 4 rings (SSSR count). The minimum absolute atomic E-state index is 0.0962. The molecule has 0 unspecified atom stereocenters. The van der Waals surface area contributed by atoms with Crippen molar-refractivity contribution < 1.29 is 24.5 Å². The maximum absolute atomic E-state index is 12.7. The molecule has 0 saturated heterocycles. The second kappa shape index (κ2) is 5.15. The number of hydrogen-bond acceptors (Lipinski definition) is 5. The van der Waals surface area contributed by atoms with E-state index < -0.39 is 6.10 Å². The maximum atomic E-state index is 12.7. The van der Waals surface area contributed by atoms with Gasteiger partial charge in [-0.25, -0.2) is 0 Å². The van der Waals surface area contributed by atoms with Crippen molar-refractivity contribution in [2.75, 3.05) is 0 Å². The molecule has 130 valence electrons. The number of aromatic hydroxyl groups is 2. The number of hydrogen-bond donors (Lipinski definition) is 2. The largest absolute Gasteiger partial charge is 0.508 e. The van der Waals surface area contributed by atoms with Crippen molar-refractivity contribution in [1.82, 2.24) is 0 Å². The molecule has 2 aliphatic rings. The fourth-order valence-electron chi connectivity index (χ4n) is 3.58. The van der Waals surface area contributed by atoms with Gasteiger partial charge in [-0.3, -0.25) is 4.79 Å². The third kappa shape index (κ3) is 2.26. The zero-order valence-electron chi connectivity index (χ0n) is 14.4. The number of phenols is 2. The van der Waals surface area contributed by atoms with E-state index in [0.717, 1.165) is 11.1 Å². The summed E-state index contributed by atoms with van der Waals surface area (Å²) in [5.41, 5.74) is 1.52. The smallest absolute Gasteiger partial charge is 0.174 e. The van der Waals surface area contributed by atoms with E-state index in [1.165, 1.54) is 6.07 Å². The van der Waals surface area contributed by atoms with Crippen molar-refractivity contribution >= 4 is 5.78 Å². The van der Waals surface area contributed by atoms with Crippen molar-refractivity contribution in [3.05, 3.63) is 47.0 Å². The van der Waals surface area contributed by atoms with E-state index in [0.29, 0.717) is 11.5 Å². The summed E-state index contributed by atoms with van der Waals surface area (Å²) in [7, 11) is 0. The van der Waals surface area contributed by atoms with E-state index in [-0.39, 0.29) is 40.8 Å². The van der Waals surface area contributed by atoms with E-state index in [1.807, 2.05) is 20.8 Å². The van der Waals surface area contributed by atoms with Crippen LogP contribution in [0.4, 0.5) is 0 Å². The first-order valence-corrected chi connectivity index (χ1v) is 8.35. The highest BCUT2D eigenvalue weighted by Crippen LogP contribution is 2.54. The molecule has 0 aromatic heterocycles. The summed E-state index contributed by atoms with van der Waals surface area (Å²) in [6.45, 7) is 6.04. The molecule has 2 atom stereocenters. The Kier molecular flexibility index (Phi) is 3.26.